The Morgan fingerprint density at radius 2 is 2.25 bits per heavy atom. The van der Waals surface area contributed by atoms with Crippen LogP contribution in [0, 0.1) is 6.92 Å². The molecule has 0 radical (unpaired) electrons. The maximum Gasteiger partial charge on any atom is 0.193 e. The number of aliphatic hydroxyl groups excluding tert-OH is 1. The zero-order valence-electron chi connectivity index (χ0n) is 7.34. The van der Waals surface area contributed by atoms with Crippen LogP contribution in [-0.4, -0.2) is 18.3 Å². The average molecular weight is 169 g/mol. The van der Waals surface area contributed by atoms with E-state index in [4.69, 9.17) is 9.52 Å². The Morgan fingerprint density at radius 3 is 2.83 bits per heavy atom. The van der Waals surface area contributed by atoms with Gasteiger partial charge in [-0.2, -0.15) is 0 Å². The Labute approximate surface area is 72.4 Å². The first kappa shape index (κ1) is 9.13. The average Bonchev–Trinajstić information content (AvgIpc) is 2.45. The van der Waals surface area contributed by atoms with Crippen LogP contribution >= 0.6 is 0 Å². The molecule has 0 spiro atoms. The number of nitrogens with one attached hydrogen (secondary N) is 1. The van der Waals surface area contributed by atoms with Crippen molar-refractivity contribution in [3.63, 3.8) is 0 Å². The molecule has 0 unspecified atom stereocenters. The fourth-order valence-corrected chi connectivity index (χ4v) is 0.978. The number of aliphatic hydroxyl groups is 1. The van der Waals surface area contributed by atoms with E-state index in [1.54, 1.807) is 0 Å². The highest BCUT2D eigenvalue weighted by molar-refractivity contribution is 5.31. The summed E-state index contributed by atoms with van der Waals surface area (Å²) < 4.78 is 5.29. The molecule has 0 bridgehead atoms. The third-order valence-electron chi connectivity index (χ3n) is 1.62. The molecule has 68 valence electrons. The first-order chi connectivity index (χ1) is 5.83. The van der Waals surface area contributed by atoms with Crippen LogP contribution in [0.3, 0.4) is 0 Å². The minimum absolute atomic E-state index is 0.263. The lowest BCUT2D eigenvalue weighted by Gasteiger charge is -2.00. The lowest BCUT2D eigenvalue weighted by Crippen LogP contribution is -2.00. The summed E-state index contributed by atoms with van der Waals surface area (Å²) in [4.78, 5) is 0. The Morgan fingerprint density at radius 1 is 1.42 bits per heavy atom. The number of unbranched alkanes of at least 4 members (excludes halogenated alkanes) is 1. The Kier molecular flexibility index (Phi) is 3.67. The number of hydrogen-bond donors (Lipinski definition) is 2. The largest absolute Gasteiger partial charge is 0.446 e. The number of anilines is 1. The lowest BCUT2D eigenvalue weighted by atomic mass is 10.3. The van der Waals surface area contributed by atoms with Crippen molar-refractivity contribution in [2.75, 3.05) is 18.5 Å². The van der Waals surface area contributed by atoms with Crippen molar-refractivity contribution < 1.29 is 9.52 Å². The van der Waals surface area contributed by atoms with E-state index in [-0.39, 0.29) is 6.61 Å². The quantitative estimate of drug-likeness (QED) is 0.660. The molecule has 0 saturated heterocycles. The van der Waals surface area contributed by atoms with E-state index < -0.39 is 0 Å². The van der Waals surface area contributed by atoms with Crippen molar-refractivity contribution in [1.82, 2.24) is 0 Å². The molecule has 2 N–H and O–H groups in total. The highest BCUT2D eigenvalue weighted by Gasteiger charge is 1.95. The van der Waals surface area contributed by atoms with Crippen LogP contribution in [-0.2, 0) is 0 Å². The maximum absolute atomic E-state index is 8.52. The normalized spacial score (nSPS) is 10.2. The third-order valence-corrected chi connectivity index (χ3v) is 1.62. The third kappa shape index (κ3) is 2.96. The molecule has 0 aliphatic carbocycles. The second-order valence-electron chi connectivity index (χ2n) is 2.77. The van der Waals surface area contributed by atoms with Gasteiger partial charge in [0.25, 0.3) is 0 Å². The van der Waals surface area contributed by atoms with Crippen LogP contribution in [0.15, 0.2) is 16.5 Å². The van der Waals surface area contributed by atoms with Crippen LogP contribution in [0.5, 0.6) is 0 Å². The van der Waals surface area contributed by atoms with Crippen molar-refractivity contribution in [2.24, 2.45) is 0 Å². The summed E-state index contributed by atoms with van der Waals surface area (Å²) >= 11 is 0. The lowest BCUT2D eigenvalue weighted by molar-refractivity contribution is 0.286. The second-order valence-corrected chi connectivity index (χ2v) is 2.77. The zero-order chi connectivity index (χ0) is 8.81. The SMILES string of the molecule is Cc1ccc(NCCCCO)o1. The zero-order valence-corrected chi connectivity index (χ0v) is 7.34. The van der Waals surface area contributed by atoms with E-state index in [9.17, 15) is 0 Å². The van der Waals surface area contributed by atoms with Gasteiger partial charge in [-0.3, -0.25) is 0 Å². The predicted octanol–water partition coefficient (Wildman–Crippen LogP) is 1.77. The summed E-state index contributed by atoms with van der Waals surface area (Å²) in [6, 6.07) is 3.84. The summed E-state index contributed by atoms with van der Waals surface area (Å²) in [5.74, 6) is 1.73. The molecule has 1 rings (SSSR count). The van der Waals surface area contributed by atoms with Crippen molar-refractivity contribution in [3.8, 4) is 0 Å². The van der Waals surface area contributed by atoms with Crippen LogP contribution in [0.2, 0.25) is 0 Å². The Balaban J connectivity index is 2.15. The Bertz CT molecular complexity index is 220. The van der Waals surface area contributed by atoms with Crippen LogP contribution in [0.25, 0.3) is 0 Å². The van der Waals surface area contributed by atoms with Gasteiger partial charge in [-0.1, -0.05) is 0 Å². The van der Waals surface area contributed by atoms with Gasteiger partial charge < -0.3 is 14.8 Å². The van der Waals surface area contributed by atoms with Gasteiger partial charge in [0.15, 0.2) is 5.88 Å². The fraction of sp³-hybridized carbons (Fsp3) is 0.556. The van der Waals surface area contributed by atoms with Crippen molar-refractivity contribution in [1.29, 1.82) is 0 Å². The van der Waals surface area contributed by atoms with Gasteiger partial charge in [0.2, 0.25) is 0 Å². The summed E-state index contributed by atoms with van der Waals surface area (Å²) in [5.41, 5.74) is 0. The molecule has 0 aliphatic rings. The van der Waals surface area contributed by atoms with Crippen molar-refractivity contribution >= 4 is 5.88 Å². The van der Waals surface area contributed by atoms with Crippen LogP contribution in [0.1, 0.15) is 18.6 Å². The molecule has 0 saturated carbocycles. The van der Waals surface area contributed by atoms with Gasteiger partial charge in [0.05, 0.1) is 0 Å². The smallest absolute Gasteiger partial charge is 0.193 e. The molecule has 0 fully saturated rings. The minimum Gasteiger partial charge on any atom is -0.446 e. The summed E-state index contributed by atoms with van der Waals surface area (Å²) in [7, 11) is 0. The summed E-state index contributed by atoms with van der Waals surface area (Å²) in [6.45, 7) is 3.03. The minimum atomic E-state index is 0.263. The highest BCUT2D eigenvalue weighted by atomic mass is 16.4. The maximum atomic E-state index is 8.52. The van der Waals surface area contributed by atoms with E-state index in [0.29, 0.717) is 0 Å². The monoisotopic (exact) mass is 169 g/mol. The number of hydrogen-bond acceptors (Lipinski definition) is 3. The van der Waals surface area contributed by atoms with Gasteiger partial charge >= 0.3 is 0 Å². The summed E-state index contributed by atoms with van der Waals surface area (Å²) in [5, 5.41) is 11.6. The van der Waals surface area contributed by atoms with Crippen LogP contribution < -0.4 is 5.32 Å². The van der Waals surface area contributed by atoms with Gasteiger partial charge in [-0.05, 0) is 25.8 Å². The van der Waals surface area contributed by atoms with Gasteiger partial charge in [0, 0.05) is 19.2 Å². The molecular formula is C9H15NO2. The van der Waals surface area contributed by atoms with E-state index in [2.05, 4.69) is 5.32 Å². The number of aryl methyl sites for hydroxylation is 1. The van der Waals surface area contributed by atoms with Crippen molar-refractivity contribution in [2.45, 2.75) is 19.8 Å². The molecule has 0 amide bonds. The number of rotatable bonds is 5. The highest BCUT2D eigenvalue weighted by Crippen LogP contribution is 2.11. The molecule has 3 nitrogen and oxygen atoms in total. The molecule has 12 heavy (non-hydrogen) atoms. The molecular weight excluding hydrogens is 154 g/mol. The topological polar surface area (TPSA) is 45.4 Å². The molecule has 1 heterocycles. The predicted molar refractivity (Wildman–Crippen MR) is 48.3 cm³/mol. The van der Waals surface area contributed by atoms with Gasteiger partial charge in [0.1, 0.15) is 5.76 Å². The number of furan rings is 1. The van der Waals surface area contributed by atoms with E-state index >= 15 is 0 Å². The van der Waals surface area contributed by atoms with Gasteiger partial charge in [-0.25, -0.2) is 0 Å². The van der Waals surface area contributed by atoms with Crippen molar-refractivity contribution in [3.05, 3.63) is 17.9 Å². The molecule has 1 aromatic rings. The van der Waals surface area contributed by atoms with Crippen LogP contribution in [0.4, 0.5) is 5.88 Å². The molecule has 3 heteroatoms. The van der Waals surface area contributed by atoms with E-state index in [1.165, 1.54) is 0 Å². The van der Waals surface area contributed by atoms with Gasteiger partial charge in [-0.15, -0.1) is 0 Å². The first-order valence-corrected chi connectivity index (χ1v) is 4.24. The first-order valence-electron chi connectivity index (χ1n) is 4.24. The second kappa shape index (κ2) is 4.83. The Hall–Kier alpha value is -0.960. The standard InChI is InChI=1S/C9H15NO2/c1-8-4-5-9(12-8)10-6-2-3-7-11/h4-5,10-11H,2-3,6-7H2,1H3. The molecule has 1 aromatic heterocycles. The molecule has 0 atom stereocenters. The molecule has 0 aliphatic heterocycles. The van der Waals surface area contributed by atoms with E-state index in [0.717, 1.165) is 31.0 Å². The summed E-state index contributed by atoms with van der Waals surface area (Å²) in [6.07, 6.45) is 1.81. The van der Waals surface area contributed by atoms with E-state index in [1.807, 2.05) is 19.1 Å². The molecule has 0 aromatic carbocycles. The fourth-order valence-electron chi connectivity index (χ4n) is 0.978.